The van der Waals surface area contributed by atoms with E-state index in [0.717, 1.165) is 43.4 Å². The second-order valence-corrected chi connectivity index (χ2v) is 7.45. The summed E-state index contributed by atoms with van der Waals surface area (Å²) in [7, 11) is 0. The number of amides is 1. The number of anilines is 2. The van der Waals surface area contributed by atoms with E-state index in [1.54, 1.807) is 0 Å². The van der Waals surface area contributed by atoms with Gasteiger partial charge in [0.1, 0.15) is 10.6 Å². The third kappa shape index (κ3) is 3.89. The molecular formula is C20H21N3O3S. The fourth-order valence-electron chi connectivity index (χ4n) is 3.05. The van der Waals surface area contributed by atoms with E-state index in [-0.39, 0.29) is 5.91 Å². The summed E-state index contributed by atoms with van der Waals surface area (Å²) in [5.74, 6) is 1.36. The second kappa shape index (κ2) is 7.54. The highest BCUT2D eigenvalue weighted by molar-refractivity contribution is 7.17. The van der Waals surface area contributed by atoms with E-state index in [1.807, 2.05) is 44.2 Å². The van der Waals surface area contributed by atoms with Crippen molar-refractivity contribution in [2.45, 2.75) is 13.8 Å². The van der Waals surface area contributed by atoms with Crippen LogP contribution in [0.25, 0.3) is 10.8 Å². The van der Waals surface area contributed by atoms with Gasteiger partial charge in [-0.3, -0.25) is 4.79 Å². The highest BCUT2D eigenvalue weighted by atomic mass is 32.1. The molecule has 0 saturated carbocycles. The minimum Gasteiger partial charge on any atom is -0.459 e. The minimum atomic E-state index is -0.154. The lowest BCUT2D eigenvalue weighted by Crippen LogP contribution is -2.36. The van der Waals surface area contributed by atoms with Gasteiger partial charge in [0.15, 0.2) is 10.8 Å². The number of carbonyl (C=O) groups is 1. The minimum absolute atomic E-state index is 0.154. The van der Waals surface area contributed by atoms with Crippen molar-refractivity contribution in [3.05, 3.63) is 52.7 Å². The molecule has 1 N–H and O–H groups in total. The number of ether oxygens (including phenoxy) is 1. The Hall–Kier alpha value is -2.64. The molecule has 3 heterocycles. The standard InChI is InChI=1S/C20H21N3O3S/c1-13-6-7-17(26-13)20-21-14(2)18(27-20)19(24)22-15-4-3-5-16(12-15)23-8-10-25-11-9-23/h3-7,12H,8-11H2,1-2H3,(H,22,24). The second-order valence-electron chi connectivity index (χ2n) is 6.45. The number of nitrogens with one attached hydrogen (secondary N) is 1. The molecule has 1 saturated heterocycles. The topological polar surface area (TPSA) is 67.6 Å². The van der Waals surface area contributed by atoms with Crippen LogP contribution in [-0.4, -0.2) is 37.2 Å². The van der Waals surface area contributed by atoms with Crippen LogP contribution in [0.1, 0.15) is 21.1 Å². The van der Waals surface area contributed by atoms with E-state index in [2.05, 4.69) is 21.3 Å². The van der Waals surface area contributed by atoms with E-state index in [4.69, 9.17) is 9.15 Å². The summed E-state index contributed by atoms with van der Waals surface area (Å²) < 4.78 is 11.0. The first-order chi connectivity index (χ1) is 13.1. The van der Waals surface area contributed by atoms with Gasteiger partial charge in [-0.2, -0.15) is 0 Å². The van der Waals surface area contributed by atoms with Gasteiger partial charge < -0.3 is 19.4 Å². The van der Waals surface area contributed by atoms with Crippen molar-refractivity contribution in [3.63, 3.8) is 0 Å². The Kier molecular flexibility index (Phi) is 4.96. The van der Waals surface area contributed by atoms with E-state index in [0.29, 0.717) is 21.3 Å². The predicted octanol–water partition coefficient (Wildman–Crippen LogP) is 4.11. The molecule has 1 fully saturated rings. The maximum Gasteiger partial charge on any atom is 0.267 e. The van der Waals surface area contributed by atoms with Crippen molar-refractivity contribution < 1.29 is 13.9 Å². The number of aromatic nitrogens is 1. The molecule has 0 unspecified atom stereocenters. The van der Waals surface area contributed by atoms with Gasteiger partial charge in [-0.05, 0) is 44.2 Å². The van der Waals surface area contributed by atoms with Gasteiger partial charge in [-0.15, -0.1) is 11.3 Å². The third-order valence-electron chi connectivity index (χ3n) is 4.43. The van der Waals surface area contributed by atoms with Crippen LogP contribution in [-0.2, 0) is 4.74 Å². The molecule has 7 heteroatoms. The Morgan fingerprint density at radius 3 is 2.74 bits per heavy atom. The van der Waals surface area contributed by atoms with E-state index < -0.39 is 0 Å². The molecule has 1 aromatic carbocycles. The van der Waals surface area contributed by atoms with Gasteiger partial charge >= 0.3 is 0 Å². The molecule has 6 nitrogen and oxygen atoms in total. The maximum absolute atomic E-state index is 12.8. The van der Waals surface area contributed by atoms with Crippen molar-refractivity contribution in [3.8, 4) is 10.8 Å². The number of benzene rings is 1. The van der Waals surface area contributed by atoms with Crippen LogP contribution in [0.5, 0.6) is 0 Å². The van der Waals surface area contributed by atoms with Gasteiger partial charge in [0, 0.05) is 24.5 Å². The Morgan fingerprint density at radius 2 is 2.00 bits per heavy atom. The van der Waals surface area contributed by atoms with Crippen molar-refractivity contribution in [1.29, 1.82) is 0 Å². The predicted molar refractivity (Wildman–Crippen MR) is 107 cm³/mol. The monoisotopic (exact) mass is 383 g/mol. The third-order valence-corrected chi connectivity index (χ3v) is 5.60. The van der Waals surface area contributed by atoms with Gasteiger partial charge in [-0.25, -0.2) is 4.98 Å². The molecule has 1 amide bonds. The molecule has 27 heavy (non-hydrogen) atoms. The zero-order valence-electron chi connectivity index (χ0n) is 15.3. The molecule has 140 valence electrons. The summed E-state index contributed by atoms with van der Waals surface area (Å²) in [4.78, 5) is 20.1. The molecule has 0 bridgehead atoms. The molecule has 0 radical (unpaired) electrons. The number of hydrogen-bond acceptors (Lipinski definition) is 6. The molecule has 3 aromatic rings. The van der Waals surface area contributed by atoms with Crippen LogP contribution < -0.4 is 10.2 Å². The number of nitrogens with zero attached hydrogens (tertiary/aromatic N) is 2. The van der Waals surface area contributed by atoms with Gasteiger partial charge in [0.2, 0.25) is 0 Å². The highest BCUT2D eigenvalue weighted by Gasteiger charge is 2.18. The number of aryl methyl sites for hydroxylation is 2. The molecule has 2 aromatic heterocycles. The molecule has 1 aliphatic heterocycles. The van der Waals surface area contributed by atoms with Crippen LogP contribution >= 0.6 is 11.3 Å². The lowest BCUT2D eigenvalue weighted by Gasteiger charge is -2.29. The summed E-state index contributed by atoms with van der Waals surface area (Å²) in [5.41, 5.74) is 2.56. The van der Waals surface area contributed by atoms with E-state index in [1.165, 1.54) is 11.3 Å². The van der Waals surface area contributed by atoms with Crippen LogP contribution in [0.4, 0.5) is 11.4 Å². The number of thiazole rings is 1. The van der Waals surface area contributed by atoms with Crippen molar-refractivity contribution in [1.82, 2.24) is 4.98 Å². The number of furan rings is 1. The maximum atomic E-state index is 12.8. The summed E-state index contributed by atoms with van der Waals surface area (Å²) in [6.07, 6.45) is 0. The van der Waals surface area contributed by atoms with Crippen molar-refractivity contribution >= 4 is 28.6 Å². The fourth-order valence-corrected chi connectivity index (χ4v) is 3.98. The Labute approximate surface area is 161 Å². The SMILES string of the molecule is Cc1ccc(-c2nc(C)c(C(=O)Nc3cccc(N4CCOCC4)c3)s2)o1. The Balaban J connectivity index is 1.51. The number of hydrogen-bond donors (Lipinski definition) is 1. The summed E-state index contributed by atoms with van der Waals surface area (Å²) in [6, 6.07) is 11.7. The number of rotatable bonds is 4. The largest absolute Gasteiger partial charge is 0.459 e. The van der Waals surface area contributed by atoms with Gasteiger partial charge in [0.25, 0.3) is 5.91 Å². The summed E-state index contributed by atoms with van der Waals surface area (Å²) in [5, 5.41) is 3.71. The molecule has 0 spiro atoms. The van der Waals surface area contributed by atoms with Gasteiger partial charge in [-0.1, -0.05) is 6.07 Å². The van der Waals surface area contributed by atoms with Crippen molar-refractivity contribution in [2.24, 2.45) is 0 Å². The molecule has 1 aliphatic rings. The van der Waals surface area contributed by atoms with Crippen LogP contribution in [0.3, 0.4) is 0 Å². The quantitative estimate of drug-likeness (QED) is 0.734. The zero-order valence-corrected chi connectivity index (χ0v) is 16.1. The average Bonchev–Trinajstić information content (AvgIpc) is 3.28. The lowest BCUT2D eigenvalue weighted by atomic mass is 10.2. The highest BCUT2D eigenvalue weighted by Crippen LogP contribution is 2.30. The Bertz CT molecular complexity index is 957. The number of morpholine rings is 1. The summed E-state index contributed by atoms with van der Waals surface area (Å²) >= 11 is 1.34. The normalized spacial score (nSPS) is 14.4. The zero-order chi connectivity index (χ0) is 18.8. The molecular weight excluding hydrogens is 362 g/mol. The number of carbonyl (C=O) groups excluding carboxylic acids is 1. The van der Waals surface area contributed by atoms with E-state index >= 15 is 0 Å². The van der Waals surface area contributed by atoms with Gasteiger partial charge in [0.05, 0.1) is 18.9 Å². The first kappa shape index (κ1) is 17.8. The van der Waals surface area contributed by atoms with E-state index in [9.17, 15) is 4.79 Å². The first-order valence-electron chi connectivity index (χ1n) is 8.88. The molecule has 0 aliphatic carbocycles. The molecule has 0 atom stereocenters. The van der Waals surface area contributed by atoms with Crippen LogP contribution in [0.15, 0.2) is 40.8 Å². The Morgan fingerprint density at radius 1 is 1.19 bits per heavy atom. The average molecular weight is 383 g/mol. The van der Waals surface area contributed by atoms with Crippen molar-refractivity contribution in [2.75, 3.05) is 36.5 Å². The summed E-state index contributed by atoms with van der Waals surface area (Å²) in [6.45, 7) is 6.90. The van der Waals surface area contributed by atoms with Crippen LogP contribution in [0, 0.1) is 13.8 Å². The fraction of sp³-hybridized carbons (Fsp3) is 0.300. The molecule has 4 rings (SSSR count). The smallest absolute Gasteiger partial charge is 0.267 e. The van der Waals surface area contributed by atoms with Crippen LogP contribution in [0.2, 0.25) is 0 Å². The first-order valence-corrected chi connectivity index (χ1v) is 9.70. The lowest BCUT2D eigenvalue weighted by molar-refractivity contribution is 0.102.